The Morgan fingerprint density at radius 2 is 2.25 bits per heavy atom. The fourth-order valence-corrected chi connectivity index (χ4v) is 1.26. The zero-order chi connectivity index (χ0) is 11.4. The highest BCUT2D eigenvalue weighted by molar-refractivity contribution is 5.88. The third-order valence-corrected chi connectivity index (χ3v) is 2.03. The normalized spacial score (nSPS) is 10.8. The lowest BCUT2D eigenvalue weighted by atomic mass is 10.1. The third kappa shape index (κ3) is 2.36. The number of aromatic nitrogens is 1. The fraction of sp³-hybridized carbons (Fsp3) is 0. The van der Waals surface area contributed by atoms with E-state index in [1.807, 2.05) is 6.07 Å². The minimum absolute atomic E-state index is 0.266. The minimum atomic E-state index is -0.934. The van der Waals surface area contributed by atoms with Crippen LogP contribution in [0.5, 0.6) is 0 Å². The van der Waals surface area contributed by atoms with Crippen LogP contribution in [-0.2, 0) is 0 Å². The maximum absolute atomic E-state index is 10.7. The average molecular weight is 215 g/mol. The quantitative estimate of drug-likeness (QED) is 0.854. The first-order valence-electron chi connectivity index (χ1n) is 4.65. The second-order valence-corrected chi connectivity index (χ2v) is 3.18. The summed E-state index contributed by atoms with van der Waals surface area (Å²) in [5, 5.41) is 8.81. The highest BCUT2D eigenvalue weighted by Gasteiger charge is 2.01. The van der Waals surface area contributed by atoms with E-state index in [-0.39, 0.29) is 5.56 Å². The topological polar surface area (TPSA) is 63.3 Å². The van der Waals surface area contributed by atoms with E-state index in [1.54, 1.807) is 30.4 Å². The second kappa shape index (κ2) is 4.44. The van der Waals surface area contributed by atoms with E-state index >= 15 is 0 Å². The minimum Gasteiger partial charge on any atom is -0.478 e. The summed E-state index contributed by atoms with van der Waals surface area (Å²) in [5.74, 6) is -0.934. The molecule has 16 heavy (non-hydrogen) atoms. The van der Waals surface area contributed by atoms with Gasteiger partial charge >= 0.3 is 5.97 Å². The van der Waals surface area contributed by atoms with Gasteiger partial charge in [-0.25, -0.2) is 9.78 Å². The number of nitrogens with zero attached hydrogens (tertiary/aromatic N) is 1. The molecule has 0 fully saturated rings. The molecule has 0 aliphatic rings. The summed E-state index contributed by atoms with van der Waals surface area (Å²) in [7, 11) is 0. The molecule has 2 aromatic rings. The number of aromatic carboxylic acids is 1. The number of hydrogen-bond acceptors (Lipinski definition) is 3. The molecule has 0 spiro atoms. The van der Waals surface area contributed by atoms with Gasteiger partial charge in [-0.2, -0.15) is 0 Å². The fourth-order valence-electron chi connectivity index (χ4n) is 1.26. The molecule has 2 rings (SSSR count). The van der Waals surface area contributed by atoms with Gasteiger partial charge in [-0.3, -0.25) is 0 Å². The van der Waals surface area contributed by atoms with Gasteiger partial charge in [-0.15, -0.1) is 0 Å². The molecule has 0 bridgehead atoms. The van der Waals surface area contributed by atoms with Crippen LogP contribution >= 0.6 is 0 Å². The van der Waals surface area contributed by atoms with E-state index in [4.69, 9.17) is 9.52 Å². The van der Waals surface area contributed by atoms with Gasteiger partial charge < -0.3 is 9.52 Å². The average Bonchev–Trinajstić information content (AvgIpc) is 2.79. The SMILES string of the molecule is O=C(O)c1cccc(/C=C/c2cocn2)c1. The van der Waals surface area contributed by atoms with E-state index in [0.717, 1.165) is 5.56 Å². The highest BCUT2D eigenvalue weighted by atomic mass is 16.4. The van der Waals surface area contributed by atoms with E-state index in [9.17, 15) is 4.79 Å². The summed E-state index contributed by atoms with van der Waals surface area (Å²) >= 11 is 0. The zero-order valence-electron chi connectivity index (χ0n) is 8.33. The van der Waals surface area contributed by atoms with Gasteiger partial charge in [0.05, 0.1) is 5.56 Å². The van der Waals surface area contributed by atoms with Crippen LogP contribution in [0.25, 0.3) is 12.2 Å². The lowest BCUT2D eigenvalue weighted by molar-refractivity contribution is 0.0697. The van der Waals surface area contributed by atoms with Gasteiger partial charge in [-0.05, 0) is 23.8 Å². The molecule has 0 aliphatic heterocycles. The molecule has 0 aliphatic carbocycles. The first kappa shape index (κ1) is 10.2. The molecule has 1 N–H and O–H groups in total. The van der Waals surface area contributed by atoms with Crippen molar-refractivity contribution in [2.45, 2.75) is 0 Å². The molecule has 4 heteroatoms. The number of benzene rings is 1. The van der Waals surface area contributed by atoms with Gasteiger partial charge in [0.2, 0.25) is 0 Å². The monoisotopic (exact) mass is 215 g/mol. The molecule has 0 saturated carbocycles. The Balaban J connectivity index is 2.22. The maximum atomic E-state index is 10.7. The lowest BCUT2D eigenvalue weighted by Crippen LogP contribution is -1.95. The van der Waals surface area contributed by atoms with E-state index in [0.29, 0.717) is 5.69 Å². The van der Waals surface area contributed by atoms with Gasteiger partial charge in [0.1, 0.15) is 12.0 Å². The number of carboxylic acid groups (broad SMARTS) is 1. The predicted octanol–water partition coefficient (Wildman–Crippen LogP) is 2.54. The Labute approximate surface area is 91.9 Å². The van der Waals surface area contributed by atoms with Crippen LogP contribution in [0.1, 0.15) is 21.6 Å². The summed E-state index contributed by atoms with van der Waals surface area (Å²) in [6.45, 7) is 0. The summed E-state index contributed by atoms with van der Waals surface area (Å²) in [6, 6.07) is 6.67. The van der Waals surface area contributed by atoms with Crippen LogP contribution in [0, 0.1) is 0 Å². The Kier molecular flexibility index (Phi) is 2.82. The molecule has 4 nitrogen and oxygen atoms in total. The summed E-state index contributed by atoms with van der Waals surface area (Å²) in [4.78, 5) is 14.7. The van der Waals surface area contributed by atoms with Crippen molar-refractivity contribution in [1.82, 2.24) is 4.98 Å². The van der Waals surface area contributed by atoms with Crippen LogP contribution in [-0.4, -0.2) is 16.1 Å². The van der Waals surface area contributed by atoms with Crippen molar-refractivity contribution in [2.75, 3.05) is 0 Å². The van der Waals surface area contributed by atoms with Crippen LogP contribution in [0.15, 0.2) is 41.3 Å². The Morgan fingerprint density at radius 1 is 1.38 bits per heavy atom. The smallest absolute Gasteiger partial charge is 0.335 e. The van der Waals surface area contributed by atoms with Crippen molar-refractivity contribution in [2.24, 2.45) is 0 Å². The van der Waals surface area contributed by atoms with Gasteiger partial charge in [0.25, 0.3) is 0 Å². The third-order valence-electron chi connectivity index (χ3n) is 2.03. The molecule has 1 aromatic carbocycles. The first-order chi connectivity index (χ1) is 7.75. The van der Waals surface area contributed by atoms with Gasteiger partial charge in [-0.1, -0.05) is 18.2 Å². The standard InChI is InChI=1S/C12H9NO3/c14-12(15)10-3-1-2-9(6-10)4-5-11-7-16-8-13-11/h1-8H,(H,14,15)/b5-4+. The van der Waals surface area contributed by atoms with Crippen molar-refractivity contribution in [3.63, 3.8) is 0 Å². The summed E-state index contributed by atoms with van der Waals surface area (Å²) in [5.41, 5.74) is 1.77. The number of rotatable bonds is 3. The van der Waals surface area contributed by atoms with Crippen LogP contribution in [0.3, 0.4) is 0 Å². The number of hydrogen-bond donors (Lipinski definition) is 1. The Hall–Kier alpha value is -2.36. The maximum Gasteiger partial charge on any atom is 0.335 e. The van der Waals surface area contributed by atoms with Crippen molar-refractivity contribution in [3.8, 4) is 0 Å². The van der Waals surface area contributed by atoms with Gasteiger partial charge in [0.15, 0.2) is 6.39 Å². The molecular weight excluding hydrogens is 206 g/mol. The summed E-state index contributed by atoms with van der Waals surface area (Å²) in [6.07, 6.45) is 6.39. The molecule has 0 saturated heterocycles. The van der Waals surface area contributed by atoms with Crippen molar-refractivity contribution in [3.05, 3.63) is 53.7 Å². The van der Waals surface area contributed by atoms with Crippen molar-refractivity contribution in [1.29, 1.82) is 0 Å². The van der Waals surface area contributed by atoms with Crippen LogP contribution in [0.2, 0.25) is 0 Å². The largest absolute Gasteiger partial charge is 0.478 e. The molecule has 1 heterocycles. The second-order valence-electron chi connectivity index (χ2n) is 3.18. The van der Waals surface area contributed by atoms with Crippen LogP contribution in [0.4, 0.5) is 0 Å². The lowest BCUT2D eigenvalue weighted by Gasteiger charge is -1.95. The number of oxazole rings is 1. The number of carbonyl (C=O) groups is 1. The van der Waals surface area contributed by atoms with Gasteiger partial charge in [0, 0.05) is 0 Å². The molecule has 0 amide bonds. The summed E-state index contributed by atoms with van der Waals surface area (Å²) < 4.78 is 4.81. The molecule has 1 aromatic heterocycles. The molecule has 0 unspecified atom stereocenters. The van der Waals surface area contributed by atoms with E-state index in [1.165, 1.54) is 12.7 Å². The highest BCUT2D eigenvalue weighted by Crippen LogP contribution is 2.09. The molecule has 0 radical (unpaired) electrons. The first-order valence-corrected chi connectivity index (χ1v) is 4.65. The van der Waals surface area contributed by atoms with Crippen molar-refractivity contribution >= 4 is 18.1 Å². The Bertz CT molecular complexity index is 515. The molecular formula is C12H9NO3. The predicted molar refractivity (Wildman–Crippen MR) is 58.8 cm³/mol. The Morgan fingerprint density at radius 3 is 2.94 bits per heavy atom. The van der Waals surface area contributed by atoms with Crippen LogP contribution < -0.4 is 0 Å². The molecule has 80 valence electrons. The zero-order valence-corrected chi connectivity index (χ0v) is 8.33. The number of carboxylic acids is 1. The van der Waals surface area contributed by atoms with E-state index in [2.05, 4.69) is 4.98 Å². The van der Waals surface area contributed by atoms with E-state index < -0.39 is 5.97 Å². The molecule has 0 atom stereocenters. The van der Waals surface area contributed by atoms with Crippen molar-refractivity contribution < 1.29 is 14.3 Å².